The first-order chi connectivity index (χ1) is 8.15. The molecule has 1 aromatic heterocycles. The Morgan fingerprint density at radius 1 is 1.41 bits per heavy atom. The van der Waals surface area contributed by atoms with Gasteiger partial charge in [-0.25, -0.2) is 0 Å². The van der Waals surface area contributed by atoms with Crippen LogP contribution in [0.4, 0.5) is 5.69 Å². The molecule has 17 heavy (non-hydrogen) atoms. The normalized spacial score (nSPS) is 10.2. The van der Waals surface area contributed by atoms with Crippen LogP contribution in [-0.2, 0) is 11.2 Å². The van der Waals surface area contributed by atoms with Crippen molar-refractivity contribution in [2.45, 2.75) is 6.42 Å². The average molecular weight is 331 g/mol. The van der Waals surface area contributed by atoms with Crippen LogP contribution in [0.2, 0.25) is 5.02 Å². The summed E-state index contributed by atoms with van der Waals surface area (Å²) in [6, 6.07) is 7.28. The van der Waals surface area contributed by atoms with E-state index in [0.717, 1.165) is 10.0 Å². The van der Waals surface area contributed by atoms with Crippen molar-refractivity contribution in [3.05, 3.63) is 50.1 Å². The van der Waals surface area contributed by atoms with Crippen LogP contribution in [0.3, 0.4) is 0 Å². The second-order valence-electron chi connectivity index (χ2n) is 3.49. The van der Waals surface area contributed by atoms with Crippen molar-refractivity contribution >= 4 is 50.5 Å². The summed E-state index contributed by atoms with van der Waals surface area (Å²) < 4.78 is 0.815. The Kier molecular flexibility index (Phi) is 4.20. The molecule has 88 valence electrons. The molecule has 2 aromatic rings. The summed E-state index contributed by atoms with van der Waals surface area (Å²) in [5.74, 6) is -0.0400. The number of anilines is 1. The molecule has 0 spiro atoms. The van der Waals surface area contributed by atoms with Gasteiger partial charge in [0.05, 0.1) is 11.4 Å². The number of nitrogens with one attached hydrogen (secondary N) is 1. The maximum Gasteiger partial charge on any atom is 0.228 e. The van der Waals surface area contributed by atoms with Crippen molar-refractivity contribution < 1.29 is 4.79 Å². The molecule has 0 aliphatic carbocycles. The van der Waals surface area contributed by atoms with Gasteiger partial charge >= 0.3 is 0 Å². The molecule has 1 amide bonds. The summed E-state index contributed by atoms with van der Waals surface area (Å²) in [5.41, 5.74) is 1.73. The molecule has 1 heterocycles. The van der Waals surface area contributed by atoms with Crippen LogP contribution in [0.15, 0.2) is 39.5 Å². The molecule has 0 saturated carbocycles. The van der Waals surface area contributed by atoms with Gasteiger partial charge in [0.2, 0.25) is 5.91 Å². The molecule has 0 aliphatic rings. The number of benzene rings is 1. The Morgan fingerprint density at radius 3 is 2.88 bits per heavy atom. The zero-order valence-electron chi connectivity index (χ0n) is 8.74. The first kappa shape index (κ1) is 12.6. The summed E-state index contributed by atoms with van der Waals surface area (Å²) in [6.07, 6.45) is 0.386. The highest BCUT2D eigenvalue weighted by molar-refractivity contribution is 9.10. The highest BCUT2D eigenvalue weighted by Crippen LogP contribution is 2.25. The summed E-state index contributed by atoms with van der Waals surface area (Å²) >= 11 is 10.8. The highest BCUT2D eigenvalue weighted by atomic mass is 79.9. The lowest BCUT2D eigenvalue weighted by molar-refractivity contribution is -0.115. The average Bonchev–Trinajstić information content (AvgIpc) is 2.76. The molecular weight excluding hydrogens is 322 g/mol. The van der Waals surface area contributed by atoms with E-state index < -0.39 is 0 Å². The summed E-state index contributed by atoms with van der Waals surface area (Å²) in [5, 5.41) is 7.31. The maximum atomic E-state index is 11.7. The quantitative estimate of drug-likeness (QED) is 0.891. The van der Waals surface area contributed by atoms with E-state index in [9.17, 15) is 4.79 Å². The van der Waals surface area contributed by atoms with Crippen molar-refractivity contribution in [2.24, 2.45) is 0 Å². The van der Waals surface area contributed by atoms with Crippen molar-refractivity contribution in [1.82, 2.24) is 0 Å². The fraction of sp³-hybridized carbons (Fsp3) is 0.0833. The number of hydrogen-bond acceptors (Lipinski definition) is 2. The Hall–Kier alpha value is -0.840. The fourth-order valence-corrected chi connectivity index (χ4v) is 2.45. The number of amides is 1. The highest BCUT2D eigenvalue weighted by Gasteiger charge is 2.05. The number of rotatable bonds is 3. The molecule has 0 aliphatic heterocycles. The monoisotopic (exact) mass is 329 g/mol. The first-order valence-corrected chi connectivity index (χ1v) is 7.02. The number of carbonyl (C=O) groups excluding carboxylic acids is 1. The van der Waals surface area contributed by atoms with Crippen LogP contribution in [0.1, 0.15) is 5.56 Å². The van der Waals surface area contributed by atoms with Gasteiger partial charge in [-0.3, -0.25) is 4.79 Å². The molecule has 0 atom stereocenters. The van der Waals surface area contributed by atoms with Gasteiger partial charge in [0.15, 0.2) is 0 Å². The van der Waals surface area contributed by atoms with E-state index in [1.807, 2.05) is 29.0 Å². The van der Waals surface area contributed by atoms with Gasteiger partial charge in [0.25, 0.3) is 0 Å². The molecule has 5 heteroatoms. The van der Waals surface area contributed by atoms with Crippen LogP contribution in [-0.4, -0.2) is 5.91 Å². The lowest BCUT2D eigenvalue weighted by atomic mass is 10.2. The Morgan fingerprint density at radius 2 is 2.24 bits per heavy atom. The van der Waals surface area contributed by atoms with E-state index in [0.29, 0.717) is 17.1 Å². The largest absolute Gasteiger partial charge is 0.326 e. The van der Waals surface area contributed by atoms with Gasteiger partial charge in [0.1, 0.15) is 0 Å². The van der Waals surface area contributed by atoms with Crippen LogP contribution >= 0.6 is 38.9 Å². The smallest absolute Gasteiger partial charge is 0.228 e. The number of hydrogen-bond donors (Lipinski definition) is 1. The fourth-order valence-electron chi connectivity index (χ4n) is 1.36. The molecule has 0 saturated heterocycles. The van der Waals surface area contributed by atoms with Gasteiger partial charge in [0, 0.05) is 10.2 Å². The number of carbonyl (C=O) groups is 1. The summed E-state index contributed by atoms with van der Waals surface area (Å²) in [4.78, 5) is 11.7. The molecular formula is C12H9BrClNOS. The van der Waals surface area contributed by atoms with E-state index in [2.05, 4.69) is 21.2 Å². The Balaban J connectivity index is 2.00. The minimum atomic E-state index is -0.0400. The second kappa shape index (κ2) is 5.67. The third-order valence-corrected chi connectivity index (χ3v) is 4.11. The van der Waals surface area contributed by atoms with Crippen LogP contribution in [0.25, 0.3) is 0 Å². The summed E-state index contributed by atoms with van der Waals surface area (Å²) in [7, 11) is 0. The lowest BCUT2D eigenvalue weighted by Gasteiger charge is -2.05. The van der Waals surface area contributed by atoms with E-state index in [4.69, 9.17) is 11.6 Å². The topological polar surface area (TPSA) is 29.1 Å². The molecule has 1 N–H and O–H groups in total. The van der Waals surface area contributed by atoms with Crippen LogP contribution in [0.5, 0.6) is 0 Å². The predicted octanol–water partition coefficient (Wildman–Crippen LogP) is 4.35. The van der Waals surface area contributed by atoms with E-state index in [1.54, 1.807) is 17.4 Å². The van der Waals surface area contributed by atoms with Crippen molar-refractivity contribution in [2.75, 3.05) is 5.32 Å². The minimum absolute atomic E-state index is 0.0400. The van der Waals surface area contributed by atoms with Crippen LogP contribution in [0, 0.1) is 0 Å². The number of thiophene rings is 1. The summed E-state index contributed by atoms with van der Waals surface area (Å²) in [6.45, 7) is 0. The van der Waals surface area contributed by atoms with Gasteiger partial charge in [-0.15, -0.1) is 0 Å². The van der Waals surface area contributed by atoms with Crippen molar-refractivity contribution in [3.8, 4) is 0 Å². The van der Waals surface area contributed by atoms with E-state index >= 15 is 0 Å². The molecule has 1 aromatic carbocycles. The van der Waals surface area contributed by atoms with Crippen molar-refractivity contribution in [3.63, 3.8) is 0 Å². The lowest BCUT2D eigenvalue weighted by Crippen LogP contribution is -2.13. The first-order valence-electron chi connectivity index (χ1n) is 4.91. The zero-order chi connectivity index (χ0) is 12.3. The van der Waals surface area contributed by atoms with Gasteiger partial charge in [-0.05, 0) is 56.5 Å². The third-order valence-electron chi connectivity index (χ3n) is 2.15. The number of halogens is 2. The molecule has 0 radical (unpaired) electrons. The molecule has 2 rings (SSSR count). The molecule has 0 bridgehead atoms. The van der Waals surface area contributed by atoms with E-state index in [1.165, 1.54) is 0 Å². The predicted molar refractivity (Wildman–Crippen MR) is 75.8 cm³/mol. The standard InChI is InChI=1S/C12H9BrClNOS/c13-10-2-1-9(6-11(10)14)15-12(16)5-8-3-4-17-7-8/h1-4,6-7H,5H2,(H,15,16). The zero-order valence-corrected chi connectivity index (χ0v) is 11.9. The second-order valence-corrected chi connectivity index (χ2v) is 5.53. The third kappa shape index (κ3) is 3.56. The maximum absolute atomic E-state index is 11.7. The molecule has 2 nitrogen and oxygen atoms in total. The van der Waals surface area contributed by atoms with Gasteiger partial charge in [-0.1, -0.05) is 11.6 Å². The van der Waals surface area contributed by atoms with Gasteiger partial charge in [-0.2, -0.15) is 11.3 Å². The van der Waals surface area contributed by atoms with Gasteiger partial charge < -0.3 is 5.32 Å². The Bertz CT molecular complexity index is 527. The SMILES string of the molecule is O=C(Cc1ccsc1)Nc1ccc(Br)c(Cl)c1. The van der Waals surface area contributed by atoms with Crippen LogP contribution < -0.4 is 5.32 Å². The molecule has 0 unspecified atom stereocenters. The Labute approximate surface area is 117 Å². The minimum Gasteiger partial charge on any atom is -0.326 e. The van der Waals surface area contributed by atoms with Crippen molar-refractivity contribution in [1.29, 1.82) is 0 Å². The molecule has 0 fully saturated rings. The van der Waals surface area contributed by atoms with E-state index in [-0.39, 0.29) is 5.91 Å².